The predicted molar refractivity (Wildman–Crippen MR) is 99.8 cm³/mol. The van der Waals surface area contributed by atoms with Crippen molar-refractivity contribution < 1.29 is 14.4 Å². The highest BCUT2D eigenvalue weighted by Gasteiger charge is 2.74. The molecule has 1 aromatic carbocycles. The van der Waals surface area contributed by atoms with E-state index in [1.54, 1.807) is 0 Å². The van der Waals surface area contributed by atoms with Crippen LogP contribution >= 0.6 is 0 Å². The molecule has 5 atom stereocenters. The Morgan fingerprint density at radius 3 is 2.78 bits per heavy atom. The van der Waals surface area contributed by atoms with E-state index < -0.39 is 17.4 Å². The summed E-state index contributed by atoms with van der Waals surface area (Å²) in [7, 11) is 0. The number of rotatable bonds is 2. The molecule has 5 rings (SSSR count). The Morgan fingerprint density at radius 2 is 2.04 bits per heavy atom. The van der Waals surface area contributed by atoms with Gasteiger partial charge in [0.25, 0.3) is 0 Å². The maximum absolute atomic E-state index is 13.5. The Balaban J connectivity index is 1.74. The number of carbonyl (C=O) groups is 3. The fraction of sp³-hybridized carbons (Fsp3) is 0.571. The maximum Gasteiger partial charge on any atom is 0.250 e. The van der Waals surface area contributed by atoms with Gasteiger partial charge in [0.2, 0.25) is 17.7 Å². The van der Waals surface area contributed by atoms with E-state index in [1.165, 1.54) is 4.90 Å². The van der Waals surface area contributed by atoms with E-state index in [0.29, 0.717) is 0 Å². The highest BCUT2D eigenvalue weighted by atomic mass is 16.2. The van der Waals surface area contributed by atoms with E-state index in [1.807, 2.05) is 39.0 Å². The van der Waals surface area contributed by atoms with Gasteiger partial charge in [-0.3, -0.25) is 24.2 Å². The molecule has 4 heterocycles. The van der Waals surface area contributed by atoms with Crippen molar-refractivity contribution in [2.24, 2.45) is 11.8 Å². The van der Waals surface area contributed by atoms with Gasteiger partial charge in [-0.2, -0.15) is 0 Å². The molecule has 0 bridgehead atoms. The summed E-state index contributed by atoms with van der Waals surface area (Å²) >= 11 is 0. The Kier molecular flexibility index (Phi) is 3.39. The van der Waals surface area contributed by atoms with Crippen LogP contribution in [0.3, 0.4) is 0 Å². The van der Waals surface area contributed by atoms with Crippen LogP contribution in [0.25, 0.3) is 0 Å². The van der Waals surface area contributed by atoms with Crippen molar-refractivity contribution in [3.05, 3.63) is 29.3 Å². The molecule has 0 saturated carbocycles. The molecule has 3 saturated heterocycles. The predicted octanol–water partition coefficient (Wildman–Crippen LogP) is 2.02. The number of imide groups is 1. The quantitative estimate of drug-likeness (QED) is 0.812. The van der Waals surface area contributed by atoms with Crippen LogP contribution in [-0.2, 0) is 19.9 Å². The fourth-order valence-electron chi connectivity index (χ4n) is 5.96. The van der Waals surface area contributed by atoms with Crippen molar-refractivity contribution in [1.82, 2.24) is 9.80 Å². The highest BCUT2D eigenvalue weighted by Crippen LogP contribution is 2.60. The lowest BCUT2D eigenvalue weighted by Crippen LogP contribution is -2.54. The van der Waals surface area contributed by atoms with Gasteiger partial charge in [-0.05, 0) is 45.7 Å². The number of benzene rings is 1. The lowest BCUT2D eigenvalue weighted by molar-refractivity contribution is -0.147. The second-order valence-electron chi connectivity index (χ2n) is 8.48. The van der Waals surface area contributed by atoms with Crippen LogP contribution in [0.15, 0.2) is 18.2 Å². The van der Waals surface area contributed by atoms with E-state index in [0.717, 1.165) is 42.6 Å². The molecule has 1 N–H and O–H groups in total. The second kappa shape index (κ2) is 5.41. The number of hydrogen-bond acceptors (Lipinski definition) is 4. The summed E-state index contributed by atoms with van der Waals surface area (Å²) in [4.78, 5) is 43.9. The molecule has 4 aliphatic rings. The highest BCUT2D eigenvalue weighted by molar-refractivity contribution is 6.15. The molecule has 1 spiro atoms. The first-order valence-electron chi connectivity index (χ1n) is 9.99. The normalized spacial score (nSPS) is 35.6. The lowest BCUT2D eigenvalue weighted by atomic mass is 9.75. The number of anilines is 1. The summed E-state index contributed by atoms with van der Waals surface area (Å²) in [5, 5.41) is 3.01. The van der Waals surface area contributed by atoms with Crippen LogP contribution in [-0.4, -0.2) is 46.1 Å². The lowest BCUT2D eigenvalue weighted by Gasteiger charge is -2.37. The Labute approximate surface area is 158 Å². The molecule has 0 radical (unpaired) electrons. The number of likely N-dealkylation sites (tertiary alicyclic amines) is 1. The smallest absolute Gasteiger partial charge is 0.250 e. The molecule has 0 aliphatic carbocycles. The Morgan fingerprint density at radius 1 is 1.26 bits per heavy atom. The minimum absolute atomic E-state index is 0.0299. The van der Waals surface area contributed by atoms with Crippen molar-refractivity contribution in [1.29, 1.82) is 0 Å². The van der Waals surface area contributed by atoms with E-state index in [4.69, 9.17) is 0 Å². The third-order valence-electron chi connectivity index (χ3n) is 7.21. The SMILES string of the molecule is CC[C@H](C)N1C(=O)[C@H]2[C@@H](C1=O)[C@]1(C(=O)Nc3ccc(C)cc31)N1CCC[C@@H]21. The van der Waals surface area contributed by atoms with Crippen molar-refractivity contribution >= 4 is 23.4 Å². The minimum atomic E-state index is -1.04. The Bertz CT molecular complexity index is 881. The van der Waals surface area contributed by atoms with Crippen molar-refractivity contribution in [2.75, 3.05) is 11.9 Å². The topological polar surface area (TPSA) is 69.7 Å². The zero-order chi connectivity index (χ0) is 19.1. The van der Waals surface area contributed by atoms with E-state index in [9.17, 15) is 14.4 Å². The maximum atomic E-state index is 13.5. The molecule has 27 heavy (non-hydrogen) atoms. The van der Waals surface area contributed by atoms with Crippen LogP contribution in [0.5, 0.6) is 0 Å². The van der Waals surface area contributed by atoms with Crippen LogP contribution in [0.4, 0.5) is 5.69 Å². The molecule has 4 aliphatic heterocycles. The summed E-state index contributed by atoms with van der Waals surface area (Å²) in [6.45, 7) is 6.65. The van der Waals surface area contributed by atoms with Crippen molar-refractivity contribution in [2.45, 2.75) is 57.7 Å². The third kappa shape index (κ3) is 1.82. The van der Waals surface area contributed by atoms with Gasteiger partial charge in [-0.1, -0.05) is 24.6 Å². The fourth-order valence-corrected chi connectivity index (χ4v) is 5.96. The monoisotopic (exact) mass is 367 g/mol. The van der Waals surface area contributed by atoms with Gasteiger partial charge in [0.15, 0.2) is 0 Å². The molecule has 3 fully saturated rings. The number of fused-ring (bicyclic) bond motifs is 7. The first-order chi connectivity index (χ1) is 12.9. The first kappa shape index (κ1) is 16.9. The van der Waals surface area contributed by atoms with E-state index >= 15 is 0 Å². The van der Waals surface area contributed by atoms with Crippen LogP contribution in [0.2, 0.25) is 0 Å². The molecule has 6 nitrogen and oxygen atoms in total. The van der Waals surface area contributed by atoms with Gasteiger partial charge in [0.05, 0.1) is 11.8 Å². The summed E-state index contributed by atoms with van der Waals surface area (Å²) in [6.07, 6.45) is 2.54. The number of carbonyl (C=O) groups excluding carboxylic acids is 3. The number of amides is 3. The van der Waals surface area contributed by atoms with Gasteiger partial charge in [-0.15, -0.1) is 0 Å². The average molecular weight is 367 g/mol. The van der Waals surface area contributed by atoms with Crippen LogP contribution in [0, 0.1) is 18.8 Å². The molecule has 3 amide bonds. The Hall–Kier alpha value is -2.21. The van der Waals surface area contributed by atoms with E-state index in [-0.39, 0.29) is 29.8 Å². The van der Waals surface area contributed by atoms with Gasteiger partial charge in [0, 0.05) is 23.3 Å². The molecular formula is C21H25N3O3. The van der Waals surface area contributed by atoms with Crippen molar-refractivity contribution in [3.8, 4) is 0 Å². The van der Waals surface area contributed by atoms with Gasteiger partial charge < -0.3 is 5.32 Å². The standard InChI is InChI=1S/C21H25N3O3/c1-4-12(3)24-18(25)16-15-6-5-9-23(15)21(17(16)19(24)26)13-10-11(2)7-8-14(13)22-20(21)27/h7-8,10,12,15-17H,4-6,9H2,1-3H3,(H,22,27)/t12-,15-,16+,17-,21+/m0/s1. The van der Waals surface area contributed by atoms with Gasteiger partial charge >= 0.3 is 0 Å². The average Bonchev–Trinajstić information content (AvgIpc) is 3.33. The number of hydrogen-bond donors (Lipinski definition) is 1. The molecular weight excluding hydrogens is 342 g/mol. The first-order valence-corrected chi connectivity index (χ1v) is 9.99. The number of aryl methyl sites for hydroxylation is 1. The number of nitrogens with one attached hydrogen (secondary N) is 1. The minimum Gasteiger partial charge on any atom is -0.324 e. The van der Waals surface area contributed by atoms with Crippen molar-refractivity contribution in [3.63, 3.8) is 0 Å². The second-order valence-corrected chi connectivity index (χ2v) is 8.48. The number of nitrogens with zero attached hydrogens (tertiary/aromatic N) is 2. The molecule has 1 aromatic rings. The molecule has 0 unspecified atom stereocenters. The third-order valence-corrected chi connectivity index (χ3v) is 7.21. The largest absolute Gasteiger partial charge is 0.324 e. The zero-order valence-corrected chi connectivity index (χ0v) is 16.0. The van der Waals surface area contributed by atoms with Gasteiger partial charge in [-0.25, -0.2) is 0 Å². The van der Waals surface area contributed by atoms with Crippen LogP contribution in [0.1, 0.15) is 44.2 Å². The summed E-state index contributed by atoms with van der Waals surface area (Å²) in [5.74, 6) is -1.42. The molecule has 0 aromatic heterocycles. The molecule has 142 valence electrons. The molecule has 6 heteroatoms. The summed E-state index contributed by atoms with van der Waals surface area (Å²) in [5.41, 5.74) is 1.67. The van der Waals surface area contributed by atoms with Gasteiger partial charge in [0.1, 0.15) is 5.54 Å². The van der Waals surface area contributed by atoms with Crippen LogP contribution < -0.4 is 5.32 Å². The summed E-state index contributed by atoms with van der Waals surface area (Å²) in [6, 6.07) is 5.75. The summed E-state index contributed by atoms with van der Waals surface area (Å²) < 4.78 is 0. The zero-order valence-electron chi connectivity index (χ0n) is 16.0. The van der Waals surface area contributed by atoms with E-state index in [2.05, 4.69) is 10.2 Å².